The van der Waals surface area contributed by atoms with Crippen molar-refractivity contribution in [1.82, 2.24) is 4.98 Å². The molecule has 1 aromatic carbocycles. The minimum atomic E-state index is 0.792. The Morgan fingerprint density at radius 3 is 2.87 bits per heavy atom. The monoisotopic (exact) mass is 219 g/mol. The van der Waals surface area contributed by atoms with E-state index >= 15 is 0 Å². The first kappa shape index (κ1) is 9.98. The van der Waals surface area contributed by atoms with Gasteiger partial charge in [0, 0.05) is 30.9 Å². The van der Waals surface area contributed by atoms with Gasteiger partial charge >= 0.3 is 0 Å². The fourth-order valence-electron chi connectivity index (χ4n) is 1.41. The Morgan fingerprint density at radius 2 is 2.20 bits per heavy atom. The van der Waals surface area contributed by atoms with E-state index in [-0.39, 0.29) is 0 Å². The maximum atomic E-state index is 5.88. The van der Waals surface area contributed by atoms with E-state index in [0.717, 1.165) is 22.9 Å². The summed E-state index contributed by atoms with van der Waals surface area (Å²) < 4.78 is 0. The molecule has 0 spiro atoms. The number of anilines is 2. The predicted octanol–water partition coefficient (Wildman–Crippen LogP) is 2.36. The first-order valence-electron chi connectivity index (χ1n) is 4.71. The average Bonchev–Trinajstić information content (AvgIpc) is 2.74. The van der Waals surface area contributed by atoms with E-state index in [4.69, 9.17) is 5.73 Å². The minimum absolute atomic E-state index is 0.792. The van der Waals surface area contributed by atoms with Gasteiger partial charge in [0.2, 0.25) is 0 Å². The number of benzene rings is 1. The molecule has 0 aliphatic carbocycles. The zero-order valence-electron chi connectivity index (χ0n) is 8.55. The van der Waals surface area contributed by atoms with Gasteiger partial charge in [0.1, 0.15) is 0 Å². The molecule has 0 aliphatic rings. The summed E-state index contributed by atoms with van der Waals surface area (Å²) >= 11 is 1.63. The maximum Gasteiger partial charge on any atom is 0.185 e. The summed E-state index contributed by atoms with van der Waals surface area (Å²) in [5.74, 6) is 0. The number of hydrogen-bond acceptors (Lipinski definition) is 4. The van der Waals surface area contributed by atoms with Crippen molar-refractivity contribution in [2.75, 3.05) is 17.7 Å². The molecule has 0 fully saturated rings. The molecule has 0 aliphatic heterocycles. The lowest BCUT2D eigenvalue weighted by molar-refractivity contribution is 0.917. The summed E-state index contributed by atoms with van der Waals surface area (Å²) in [6, 6.07) is 7.91. The van der Waals surface area contributed by atoms with Crippen LogP contribution in [0, 0.1) is 0 Å². The smallest absolute Gasteiger partial charge is 0.185 e. The minimum Gasteiger partial charge on any atom is -0.398 e. The average molecular weight is 219 g/mol. The third kappa shape index (κ3) is 2.27. The number of thiazole rings is 1. The molecule has 0 bridgehead atoms. The lowest BCUT2D eigenvalue weighted by Crippen LogP contribution is -2.16. The lowest BCUT2D eigenvalue weighted by Gasteiger charge is -2.16. The Bertz CT molecular complexity index is 425. The van der Waals surface area contributed by atoms with Crippen molar-refractivity contribution in [3.05, 3.63) is 41.4 Å². The predicted molar refractivity (Wildman–Crippen MR) is 65.1 cm³/mol. The topological polar surface area (TPSA) is 42.1 Å². The molecular formula is C11H13N3S. The van der Waals surface area contributed by atoms with E-state index in [2.05, 4.69) is 9.88 Å². The molecule has 0 saturated heterocycles. The van der Waals surface area contributed by atoms with Gasteiger partial charge in [-0.05, 0) is 11.6 Å². The summed E-state index contributed by atoms with van der Waals surface area (Å²) in [7, 11) is 2.02. The maximum absolute atomic E-state index is 5.88. The second-order valence-corrected chi connectivity index (χ2v) is 4.24. The van der Waals surface area contributed by atoms with Crippen molar-refractivity contribution in [3.63, 3.8) is 0 Å². The SMILES string of the molecule is CN(Cc1ccccc1N)c1nccs1. The zero-order chi connectivity index (χ0) is 10.7. The van der Waals surface area contributed by atoms with Crippen LogP contribution in [-0.2, 0) is 6.54 Å². The van der Waals surface area contributed by atoms with Crippen LogP contribution in [0.5, 0.6) is 0 Å². The third-order valence-corrected chi connectivity index (χ3v) is 3.09. The zero-order valence-corrected chi connectivity index (χ0v) is 9.37. The van der Waals surface area contributed by atoms with Crippen molar-refractivity contribution in [1.29, 1.82) is 0 Å². The number of nitrogens with zero attached hydrogens (tertiary/aromatic N) is 2. The molecule has 1 heterocycles. The molecule has 4 heteroatoms. The quantitative estimate of drug-likeness (QED) is 0.806. The highest BCUT2D eigenvalue weighted by Crippen LogP contribution is 2.20. The summed E-state index contributed by atoms with van der Waals surface area (Å²) in [6.45, 7) is 0.792. The van der Waals surface area contributed by atoms with E-state index < -0.39 is 0 Å². The highest BCUT2D eigenvalue weighted by Gasteiger charge is 2.05. The molecule has 3 nitrogen and oxygen atoms in total. The van der Waals surface area contributed by atoms with E-state index in [9.17, 15) is 0 Å². The Hall–Kier alpha value is -1.55. The van der Waals surface area contributed by atoms with Crippen LogP contribution in [0.4, 0.5) is 10.8 Å². The van der Waals surface area contributed by atoms with Crippen LogP contribution >= 0.6 is 11.3 Å². The van der Waals surface area contributed by atoms with Gasteiger partial charge in [0.25, 0.3) is 0 Å². The molecular weight excluding hydrogens is 206 g/mol. The van der Waals surface area contributed by atoms with Gasteiger partial charge in [-0.25, -0.2) is 4.98 Å². The molecule has 78 valence electrons. The second-order valence-electron chi connectivity index (χ2n) is 3.37. The lowest BCUT2D eigenvalue weighted by atomic mass is 10.2. The number of hydrogen-bond donors (Lipinski definition) is 1. The van der Waals surface area contributed by atoms with Crippen LogP contribution in [0.15, 0.2) is 35.8 Å². The van der Waals surface area contributed by atoms with E-state index in [1.165, 1.54) is 0 Å². The fourth-order valence-corrected chi connectivity index (χ4v) is 2.02. The van der Waals surface area contributed by atoms with Gasteiger partial charge in [-0.3, -0.25) is 0 Å². The molecule has 2 aromatic rings. The molecule has 0 amide bonds. The Balaban J connectivity index is 2.13. The molecule has 0 saturated carbocycles. The van der Waals surface area contributed by atoms with Gasteiger partial charge in [0.15, 0.2) is 5.13 Å². The summed E-state index contributed by atoms with van der Waals surface area (Å²) in [6.07, 6.45) is 1.81. The molecule has 1 aromatic heterocycles. The highest BCUT2D eigenvalue weighted by molar-refractivity contribution is 7.13. The molecule has 2 N–H and O–H groups in total. The fraction of sp³-hybridized carbons (Fsp3) is 0.182. The summed E-state index contributed by atoms with van der Waals surface area (Å²) in [5, 5.41) is 2.98. The van der Waals surface area contributed by atoms with Crippen molar-refractivity contribution >= 4 is 22.2 Å². The number of rotatable bonds is 3. The third-order valence-electron chi connectivity index (χ3n) is 2.21. The Labute approximate surface area is 93.2 Å². The van der Waals surface area contributed by atoms with E-state index in [1.807, 2.05) is 42.9 Å². The van der Waals surface area contributed by atoms with Crippen molar-refractivity contribution < 1.29 is 0 Å². The molecule has 0 radical (unpaired) electrons. The summed E-state index contributed by atoms with van der Waals surface area (Å²) in [5.41, 5.74) is 7.85. The number of nitrogens with two attached hydrogens (primary N) is 1. The van der Waals surface area contributed by atoms with E-state index in [1.54, 1.807) is 11.3 Å². The first-order valence-corrected chi connectivity index (χ1v) is 5.59. The van der Waals surface area contributed by atoms with Gasteiger partial charge in [0.05, 0.1) is 0 Å². The van der Waals surface area contributed by atoms with Crippen LogP contribution < -0.4 is 10.6 Å². The van der Waals surface area contributed by atoms with Crippen LogP contribution in [0.25, 0.3) is 0 Å². The molecule has 0 unspecified atom stereocenters. The molecule has 2 rings (SSSR count). The van der Waals surface area contributed by atoms with Crippen LogP contribution in [-0.4, -0.2) is 12.0 Å². The van der Waals surface area contributed by atoms with Gasteiger partial charge < -0.3 is 10.6 Å². The molecule has 0 atom stereocenters. The standard InChI is InChI=1S/C11H13N3S/c1-14(11-13-6-7-15-11)8-9-4-2-3-5-10(9)12/h2-7H,8,12H2,1H3. The van der Waals surface area contributed by atoms with Crippen LogP contribution in [0.2, 0.25) is 0 Å². The van der Waals surface area contributed by atoms with Gasteiger partial charge in [-0.1, -0.05) is 18.2 Å². The largest absolute Gasteiger partial charge is 0.398 e. The first-order chi connectivity index (χ1) is 7.27. The number of aromatic nitrogens is 1. The van der Waals surface area contributed by atoms with Crippen LogP contribution in [0.1, 0.15) is 5.56 Å². The Kier molecular flexibility index (Phi) is 2.87. The van der Waals surface area contributed by atoms with Gasteiger partial charge in [-0.15, -0.1) is 11.3 Å². The second kappa shape index (κ2) is 4.31. The number of para-hydroxylation sites is 1. The number of nitrogen functional groups attached to an aromatic ring is 1. The van der Waals surface area contributed by atoms with E-state index in [0.29, 0.717) is 0 Å². The van der Waals surface area contributed by atoms with Crippen molar-refractivity contribution in [3.8, 4) is 0 Å². The summed E-state index contributed by atoms with van der Waals surface area (Å²) in [4.78, 5) is 6.34. The van der Waals surface area contributed by atoms with Crippen LogP contribution in [0.3, 0.4) is 0 Å². The Morgan fingerprint density at radius 1 is 1.40 bits per heavy atom. The normalized spacial score (nSPS) is 10.2. The molecule has 15 heavy (non-hydrogen) atoms. The van der Waals surface area contributed by atoms with Crippen molar-refractivity contribution in [2.45, 2.75) is 6.54 Å². The van der Waals surface area contributed by atoms with Crippen molar-refractivity contribution in [2.24, 2.45) is 0 Å². The van der Waals surface area contributed by atoms with Gasteiger partial charge in [-0.2, -0.15) is 0 Å². The highest BCUT2D eigenvalue weighted by atomic mass is 32.1.